The summed E-state index contributed by atoms with van der Waals surface area (Å²) in [7, 11) is 0. The number of rotatable bonds is 4. The Hall–Kier alpha value is -0.0800. The van der Waals surface area contributed by atoms with E-state index < -0.39 is 0 Å². The van der Waals surface area contributed by atoms with Gasteiger partial charge in [0, 0.05) is 6.61 Å². The van der Waals surface area contributed by atoms with Gasteiger partial charge in [-0.25, -0.2) is 0 Å². The Balaban J connectivity index is 2.17. The third-order valence-electron chi connectivity index (χ3n) is 2.61. The summed E-state index contributed by atoms with van der Waals surface area (Å²) < 4.78 is 5.87. The summed E-state index contributed by atoms with van der Waals surface area (Å²) in [4.78, 5) is 0. The lowest BCUT2D eigenvalue weighted by Crippen LogP contribution is -2.41. The minimum Gasteiger partial charge on any atom is -0.375 e. The first-order chi connectivity index (χ1) is 5.77. The number of hydrogen-bond donors (Lipinski definition) is 1. The standard InChI is InChI=1S/C10H21NO/c1-3-4-9-12-10(2)5-7-11-8-6-10/h11H,3-9H2,1-2H3. The van der Waals surface area contributed by atoms with Gasteiger partial charge in [-0.15, -0.1) is 0 Å². The van der Waals surface area contributed by atoms with Crippen LogP contribution in [0.1, 0.15) is 39.5 Å². The number of ether oxygens (including phenoxy) is 1. The molecule has 0 unspecified atom stereocenters. The van der Waals surface area contributed by atoms with E-state index in [2.05, 4.69) is 19.2 Å². The maximum atomic E-state index is 5.87. The molecule has 1 rings (SSSR count). The van der Waals surface area contributed by atoms with Gasteiger partial charge >= 0.3 is 0 Å². The van der Waals surface area contributed by atoms with Crippen LogP contribution in [0.4, 0.5) is 0 Å². The van der Waals surface area contributed by atoms with Gasteiger partial charge in [0.25, 0.3) is 0 Å². The molecule has 2 nitrogen and oxygen atoms in total. The maximum Gasteiger partial charge on any atom is 0.0678 e. The zero-order valence-electron chi connectivity index (χ0n) is 8.36. The van der Waals surface area contributed by atoms with E-state index in [1.54, 1.807) is 0 Å². The van der Waals surface area contributed by atoms with Crippen molar-refractivity contribution in [3.05, 3.63) is 0 Å². The zero-order valence-corrected chi connectivity index (χ0v) is 8.36. The fraction of sp³-hybridized carbons (Fsp3) is 1.00. The molecule has 72 valence electrons. The lowest BCUT2D eigenvalue weighted by molar-refractivity contribution is -0.0524. The Morgan fingerprint density at radius 1 is 1.33 bits per heavy atom. The highest BCUT2D eigenvalue weighted by atomic mass is 16.5. The van der Waals surface area contributed by atoms with Crippen LogP contribution in [0.15, 0.2) is 0 Å². The van der Waals surface area contributed by atoms with E-state index in [1.807, 2.05) is 0 Å². The molecule has 0 aliphatic carbocycles. The van der Waals surface area contributed by atoms with Crippen molar-refractivity contribution in [3.63, 3.8) is 0 Å². The van der Waals surface area contributed by atoms with Crippen LogP contribution in [0.25, 0.3) is 0 Å². The molecule has 0 radical (unpaired) electrons. The van der Waals surface area contributed by atoms with Crippen LogP contribution < -0.4 is 5.32 Å². The van der Waals surface area contributed by atoms with Crippen LogP contribution in [-0.2, 0) is 4.74 Å². The summed E-state index contributed by atoms with van der Waals surface area (Å²) in [5.74, 6) is 0. The topological polar surface area (TPSA) is 21.3 Å². The molecule has 0 atom stereocenters. The van der Waals surface area contributed by atoms with Gasteiger partial charge in [0.1, 0.15) is 0 Å². The quantitative estimate of drug-likeness (QED) is 0.653. The maximum absolute atomic E-state index is 5.87. The lowest BCUT2D eigenvalue weighted by atomic mass is 9.94. The first kappa shape index (κ1) is 10.0. The molecule has 1 heterocycles. The number of hydrogen-bond acceptors (Lipinski definition) is 2. The molecule has 1 fully saturated rings. The third-order valence-corrected chi connectivity index (χ3v) is 2.61. The van der Waals surface area contributed by atoms with Gasteiger partial charge in [-0.1, -0.05) is 13.3 Å². The largest absolute Gasteiger partial charge is 0.375 e. The smallest absolute Gasteiger partial charge is 0.0678 e. The van der Waals surface area contributed by atoms with E-state index in [4.69, 9.17) is 4.74 Å². The number of nitrogens with one attached hydrogen (secondary N) is 1. The summed E-state index contributed by atoms with van der Waals surface area (Å²) in [6.45, 7) is 7.61. The SMILES string of the molecule is CCCCOC1(C)CCNCC1. The highest BCUT2D eigenvalue weighted by molar-refractivity contribution is 4.81. The highest BCUT2D eigenvalue weighted by Gasteiger charge is 2.26. The summed E-state index contributed by atoms with van der Waals surface area (Å²) in [5.41, 5.74) is 0.167. The molecule has 1 aliphatic heterocycles. The van der Waals surface area contributed by atoms with Gasteiger partial charge in [0.15, 0.2) is 0 Å². The second-order valence-electron chi connectivity index (χ2n) is 3.90. The van der Waals surface area contributed by atoms with Crippen LogP contribution in [0, 0.1) is 0 Å². The van der Waals surface area contributed by atoms with E-state index in [0.717, 1.165) is 32.5 Å². The van der Waals surface area contributed by atoms with Gasteiger partial charge in [-0.05, 0) is 39.3 Å². The van der Waals surface area contributed by atoms with Gasteiger partial charge < -0.3 is 10.1 Å². The lowest BCUT2D eigenvalue weighted by Gasteiger charge is -2.34. The van der Waals surface area contributed by atoms with Crippen LogP contribution in [0.2, 0.25) is 0 Å². The molecule has 1 saturated heterocycles. The average Bonchev–Trinajstić information content (AvgIpc) is 2.06. The molecule has 1 N–H and O–H groups in total. The first-order valence-electron chi connectivity index (χ1n) is 5.11. The van der Waals surface area contributed by atoms with Crippen molar-refractivity contribution in [2.24, 2.45) is 0 Å². The van der Waals surface area contributed by atoms with E-state index in [1.165, 1.54) is 12.8 Å². The Kier molecular flexibility index (Phi) is 4.02. The Morgan fingerprint density at radius 3 is 2.58 bits per heavy atom. The minimum atomic E-state index is 0.167. The fourth-order valence-corrected chi connectivity index (χ4v) is 1.56. The van der Waals surface area contributed by atoms with Crippen molar-refractivity contribution in [2.75, 3.05) is 19.7 Å². The molecule has 12 heavy (non-hydrogen) atoms. The summed E-state index contributed by atoms with van der Waals surface area (Å²) >= 11 is 0. The molecule has 0 spiro atoms. The third kappa shape index (κ3) is 3.11. The van der Waals surface area contributed by atoms with Gasteiger partial charge in [-0.2, -0.15) is 0 Å². The molecule has 0 bridgehead atoms. The monoisotopic (exact) mass is 171 g/mol. The van der Waals surface area contributed by atoms with Gasteiger partial charge in [-0.3, -0.25) is 0 Å². The second kappa shape index (κ2) is 4.83. The normalized spacial score (nSPS) is 22.5. The van der Waals surface area contributed by atoms with Crippen LogP contribution in [0.5, 0.6) is 0 Å². The molecule has 1 aliphatic rings. The van der Waals surface area contributed by atoms with Crippen molar-refractivity contribution in [1.82, 2.24) is 5.32 Å². The molecule has 0 saturated carbocycles. The molecule has 0 aromatic heterocycles. The van der Waals surface area contributed by atoms with E-state index in [9.17, 15) is 0 Å². The average molecular weight is 171 g/mol. The number of unbranched alkanes of at least 4 members (excludes halogenated alkanes) is 1. The van der Waals surface area contributed by atoms with E-state index in [0.29, 0.717) is 0 Å². The molecule has 0 aromatic carbocycles. The first-order valence-corrected chi connectivity index (χ1v) is 5.11. The predicted molar refractivity (Wildman–Crippen MR) is 51.4 cm³/mol. The van der Waals surface area contributed by atoms with Crippen molar-refractivity contribution in [3.8, 4) is 0 Å². The highest BCUT2D eigenvalue weighted by Crippen LogP contribution is 2.22. The zero-order chi connectivity index (χ0) is 8.86. The Morgan fingerprint density at radius 2 is 2.00 bits per heavy atom. The van der Waals surface area contributed by atoms with Crippen LogP contribution in [-0.4, -0.2) is 25.3 Å². The Labute approximate surface area is 75.7 Å². The van der Waals surface area contributed by atoms with Crippen LogP contribution in [0.3, 0.4) is 0 Å². The summed E-state index contributed by atoms with van der Waals surface area (Å²) in [6.07, 6.45) is 4.75. The summed E-state index contributed by atoms with van der Waals surface area (Å²) in [5, 5.41) is 3.35. The van der Waals surface area contributed by atoms with Crippen LogP contribution >= 0.6 is 0 Å². The summed E-state index contributed by atoms with van der Waals surface area (Å²) in [6, 6.07) is 0. The van der Waals surface area contributed by atoms with Crippen molar-refractivity contribution in [1.29, 1.82) is 0 Å². The predicted octanol–water partition coefficient (Wildman–Crippen LogP) is 1.95. The minimum absolute atomic E-state index is 0.167. The van der Waals surface area contributed by atoms with Crippen molar-refractivity contribution < 1.29 is 4.74 Å². The van der Waals surface area contributed by atoms with Crippen molar-refractivity contribution in [2.45, 2.75) is 45.1 Å². The number of piperidine rings is 1. The molecule has 0 aromatic rings. The van der Waals surface area contributed by atoms with E-state index >= 15 is 0 Å². The van der Waals surface area contributed by atoms with Gasteiger partial charge in [0.2, 0.25) is 0 Å². The molecular weight excluding hydrogens is 150 g/mol. The molecule has 0 amide bonds. The Bertz CT molecular complexity index is 119. The van der Waals surface area contributed by atoms with Crippen molar-refractivity contribution >= 4 is 0 Å². The fourth-order valence-electron chi connectivity index (χ4n) is 1.56. The van der Waals surface area contributed by atoms with E-state index in [-0.39, 0.29) is 5.60 Å². The molecular formula is C10H21NO. The molecule has 2 heteroatoms. The second-order valence-corrected chi connectivity index (χ2v) is 3.90. The van der Waals surface area contributed by atoms with Gasteiger partial charge in [0.05, 0.1) is 5.60 Å².